The number of nitrogens with zero attached hydrogens (tertiary/aromatic N) is 1. The Labute approximate surface area is 61.7 Å². The van der Waals surface area contributed by atoms with Gasteiger partial charge in [-0.1, -0.05) is 0 Å². The van der Waals surface area contributed by atoms with Gasteiger partial charge in [-0.25, -0.2) is 0 Å². The monoisotopic (exact) mass is 152 g/mol. The standard InChI is InChI=1S/C6H8N2OSi/c7-5(9)4-2-1-3-8-6(4)10/h1-3H,10H3,(H2,7,9). The Bertz CT molecular complexity index is 262. The number of amides is 1. The second-order valence-corrected chi connectivity index (χ2v) is 2.95. The first-order valence-corrected chi connectivity index (χ1v) is 3.93. The number of carbonyl (C=O) groups excluding carboxylic acids is 1. The van der Waals surface area contributed by atoms with Crippen molar-refractivity contribution >= 4 is 21.5 Å². The van der Waals surface area contributed by atoms with Crippen LogP contribution >= 0.6 is 0 Å². The fourth-order valence-corrected chi connectivity index (χ4v) is 1.31. The van der Waals surface area contributed by atoms with Gasteiger partial charge in [0.15, 0.2) is 0 Å². The lowest BCUT2D eigenvalue weighted by Crippen LogP contribution is -2.23. The highest BCUT2D eigenvalue weighted by Crippen LogP contribution is 1.88. The first kappa shape index (κ1) is 6.95. The van der Waals surface area contributed by atoms with E-state index in [1.54, 1.807) is 18.3 Å². The van der Waals surface area contributed by atoms with Gasteiger partial charge in [-0.15, -0.1) is 0 Å². The summed E-state index contributed by atoms with van der Waals surface area (Å²) in [7, 11) is 0.761. The zero-order valence-corrected chi connectivity index (χ0v) is 7.66. The van der Waals surface area contributed by atoms with Crippen molar-refractivity contribution < 1.29 is 4.79 Å². The molecule has 0 spiro atoms. The number of pyridine rings is 1. The highest BCUT2D eigenvalue weighted by Gasteiger charge is 2.01. The normalized spacial score (nSPS) is 9.60. The van der Waals surface area contributed by atoms with E-state index < -0.39 is 5.91 Å². The minimum Gasteiger partial charge on any atom is -0.366 e. The van der Waals surface area contributed by atoms with Gasteiger partial charge in [0.2, 0.25) is 5.91 Å². The van der Waals surface area contributed by atoms with Gasteiger partial charge in [0.1, 0.15) is 0 Å². The molecule has 0 fully saturated rings. The lowest BCUT2D eigenvalue weighted by atomic mass is 10.3. The van der Waals surface area contributed by atoms with E-state index in [1.807, 2.05) is 0 Å². The van der Waals surface area contributed by atoms with E-state index in [-0.39, 0.29) is 0 Å². The van der Waals surface area contributed by atoms with E-state index >= 15 is 0 Å². The molecule has 4 heteroatoms. The number of primary amides is 1. The zero-order chi connectivity index (χ0) is 7.56. The van der Waals surface area contributed by atoms with Gasteiger partial charge in [0.05, 0.1) is 15.8 Å². The van der Waals surface area contributed by atoms with Crippen LogP contribution in [0.4, 0.5) is 0 Å². The molecule has 0 aromatic carbocycles. The lowest BCUT2D eigenvalue weighted by molar-refractivity contribution is 0.100. The Morgan fingerprint density at radius 2 is 2.40 bits per heavy atom. The van der Waals surface area contributed by atoms with Crippen LogP contribution in [0.2, 0.25) is 0 Å². The third kappa shape index (κ3) is 1.22. The van der Waals surface area contributed by atoms with Crippen molar-refractivity contribution in [1.82, 2.24) is 4.98 Å². The van der Waals surface area contributed by atoms with Crippen LogP contribution in [0.15, 0.2) is 18.3 Å². The Kier molecular flexibility index (Phi) is 1.82. The fraction of sp³-hybridized carbons (Fsp3) is 0. The first-order valence-electron chi connectivity index (χ1n) is 2.93. The molecule has 0 radical (unpaired) electrons. The Morgan fingerprint density at radius 1 is 1.70 bits per heavy atom. The summed E-state index contributed by atoms with van der Waals surface area (Å²) in [5.74, 6) is -0.391. The molecule has 0 aliphatic carbocycles. The van der Waals surface area contributed by atoms with E-state index in [1.165, 1.54) is 0 Å². The minimum absolute atomic E-state index is 0.391. The average molecular weight is 152 g/mol. The smallest absolute Gasteiger partial charge is 0.250 e. The van der Waals surface area contributed by atoms with E-state index in [4.69, 9.17) is 5.73 Å². The Hall–Kier alpha value is -1.16. The minimum atomic E-state index is -0.391. The number of aromatic nitrogens is 1. The van der Waals surface area contributed by atoms with Crippen LogP contribution in [0, 0.1) is 0 Å². The van der Waals surface area contributed by atoms with Crippen molar-refractivity contribution in [2.75, 3.05) is 0 Å². The number of rotatable bonds is 1. The molecular formula is C6H8N2OSi. The molecule has 0 saturated heterocycles. The summed E-state index contributed by atoms with van der Waals surface area (Å²) >= 11 is 0. The number of hydrogen-bond acceptors (Lipinski definition) is 2. The third-order valence-electron chi connectivity index (χ3n) is 1.27. The van der Waals surface area contributed by atoms with Crippen LogP contribution < -0.4 is 11.1 Å². The molecule has 10 heavy (non-hydrogen) atoms. The van der Waals surface area contributed by atoms with Crippen LogP contribution in [0.25, 0.3) is 0 Å². The zero-order valence-electron chi connectivity index (χ0n) is 5.66. The van der Waals surface area contributed by atoms with Crippen LogP contribution in [0.5, 0.6) is 0 Å². The summed E-state index contributed by atoms with van der Waals surface area (Å²) in [5, 5.41) is 0.815. The van der Waals surface area contributed by atoms with E-state index in [9.17, 15) is 4.79 Å². The maximum absolute atomic E-state index is 10.6. The predicted octanol–water partition coefficient (Wildman–Crippen LogP) is -1.83. The molecule has 1 aromatic rings. The van der Waals surface area contributed by atoms with Gasteiger partial charge in [0, 0.05) is 11.5 Å². The maximum Gasteiger partial charge on any atom is 0.250 e. The van der Waals surface area contributed by atoms with Crippen LogP contribution in [-0.4, -0.2) is 21.1 Å². The molecule has 3 nitrogen and oxygen atoms in total. The second kappa shape index (κ2) is 2.61. The molecule has 1 heterocycles. The molecule has 2 N–H and O–H groups in total. The highest BCUT2D eigenvalue weighted by molar-refractivity contribution is 6.34. The van der Waals surface area contributed by atoms with Gasteiger partial charge < -0.3 is 5.73 Å². The highest BCUT2D eigenvalue weighted by atomic mass is 28.1. The summed E-state index contributed by atoms with van der Waals surface area (Å²) in [6.07, 6.45) is 1.66. The van der Waals surface area contributed by atoms with Crippen molar-refractivity contribution in [3.05, 3.63) is 23.9 Å². The van der Waals surface area contributed by atoms with Gasteiger partial charge in [0.25, 0.3) is 0 Å². The number of hydrogen-bond donors (Lipinski definition) is 1. The molecule has 1 amide bonds. The molecule has 0 aliphatic rings. The molecule has 0 saturated carbocycles. The molecule has 0 atom stereocenters. The quantitative estimate of drug-likeness (QED) is 0.481. The Morgan fingerprint density at radius 3 is 2.80 bits per heavy atom. The largest absolute Gasteiger partial charge is 0.366 e. The molecule has 0 aliphatic heterocycles. The Balaban J connectivity index is 3.15. The topological polar surface area (TPSA) is 56.0 Å². The third-order valence-corrected chi connectivity index (χ3v) is 2.07. The molecule has 52 valence electrons. The summed E-state index contributed by atoms with van der Waals surface area (Å²) < 4.78 is 0. The molecule has 1 rings (SSSR count). The van der Waals surface area contributed by atoms with Crippen LogP contribution in [0.3, 0.4) is 0 Å². The maximum atomic E-state index is 10.6. The lowest BCUT2D eigenvalue weighted by Gasteiger charge is -1.96. The second-order valence-electron chi connectivity index (χ2n) is 2.00. The predicted molar refractivity (Wildman–Crippen MR) is 42.3 cm³/mol. The van der Waals surface area contributed by atoms with E-state index in [0.29, 0.717) is 5.56 Å². The summed E-state index contributed by atoms with van der Waals surface area (Å²) in [4.78, 5) is 14.6. The molecular weight excluding hydrogens is 144 g/mol. The fourth-order valence-electron chi connectivity index (χ4n) is 0.745. The molecule has 0 unspecified atom stereocenters. The van der Waals surface area contributed by atoms with Crippen molar-refractivity contribution in [3.8, 4) is 0 Å². The summed E-state index contributed by atoms with van der Waals surface area (Å²) in [6, 6.07) is 3.40. The first-order chi connectivity index (χ1) is 4.72. The van der Waals surface area contributed by atoms with E-state index in [0.717, 1.165) is 15.6 Å². The summed E-state index contributed by atoms with van der Waals surface area (Å²) in [5.41, 5.74) is 5.61. The number of carbonyl (C=O) groups is 1. The van der Waals surface area contributed by atoms with Crippen molar-refractivity contribution in [3.63, 3.8) is 0 Å². The SMILES string of the molecule is NC(=O)c1cccnc1[SiH3]. The van der Waals surface area contributed by atoms with Gasteiger partial charge in [-0.05, 0) is 12.1 Å². The molecule has 1 aromatic heterocycles. The van der Waals surface area contributed by atoms with Gasteiger partial charge >= 0.3 is 0 Å². The number of nitrogens with two attached hydrogens (primary N) is 1. The molecule has 0 bridgehead atoms. The summed E-state index contributed by atoms with van der Waals surface area (Å²) in [6.45, 7) is 0. The van der Waals surface area contributed by atoms with Gasteiger partial charge in [-0.2, -0.15) is 0 Å². The van der Waals surface area contributed by atoms with Crippen molar-refractivity contribution in [2.45, 2.75) is 0 Å². The average Bonchev–Trinajstić information content (AvgIpc) is 1.88. The van der Waals surface area contributed by atoms with Gasteiger partial charge in [-0.3, -0.25) is 9.78 Å². The van der Waals surface area contributed by atoms with E-state index in [2.05, 4.69) is 4.98 Å². The van der Waals surface area contributed by atoms with Crippen molar-refractivity contribution in [1.29, 1.82) is 0 Å². The van der Waals surface area contributed by atoms with Crippen LogP contribution in [0.1, 0.15) is 10.4 Å². The van der Waals surface area contributed by atoms with Crippen LogP contribution in [-0.2, 0) is 0 Å². The van der Waals surface area contributed by atoms with Crippen molar-refractivity contribution in [2.24, 2.45) is 5.73 Å².